The van der Waals surface area contributed by atoms with Gasteiger partial charge in [-0.3, -0.25) is 0 Å². The fourth-order valence-electron chi connectivity index (χ4n) is 5.76. The maximum atomic E-state index is 11.3. The molecule has 0 aromatic heterocycles. The van der Waals surface area contributed by atoms with Crippen molar-refractivity contribution in [2.24, 2.45) is 5.92 Å². The van der Waals surface area contributed by atoms with Crippen LogP contribution in [-0.2, 0) is 29.2 Å². The number of rotatable bonds is 12. The van der Waals surface area contributed by atoms with E-state index < -0.39 is 17.4 Å². The normalized spacial score (nSPS) is 16.0. The van der Waals surface area contributed by atoms with Gasteiger partial charge in [-0.05, 0) is 64.4 Å². The Hall–Kier alpha value is -4.84. The third-order valence-corrected chi connectivity index (χ3v) is 7.45. The zero-order valence-corrected chi connectivity index (χ0v) is 22.8. The van der Waals surface area contributed by atoms with Crippen molar-refractivity contribution in [2.75, 3.05) is 26.4 Å². The van der Waals surface area contributed by atoms with Crippen molar-refractivity contribution in [2.45, 2.75) is 11.8 Å². The molecule has 41 heavy (non-hydrogen) atoms. The molecule has 6 heteroatoms. The molecule has 3 aromatic carbocycles. The SMILES string of the molecule is C=CC(=O)OCCOC1=CCC(C2(c3ccc(OCCOC(=O)C=C)cc3)c3ccccc3-c3ccccc32)C=C1. The summed E-state index contributed by atoms with van der Waals surface area (Å²) in [6, 6.07) is 25.4. The molecule has 0 heterocycles. The minimum Gasteiger partial charge on any atom is -0.490 e. The highest BCUT2D eigenvalue weighted by atomic mass is 16.6. The molecule has 6 nitrogen and oxygen atoms in total. The van der Waals surface area contributed by atoms with Crippen LogP contribution in [0.3, 0.4) is 0 Å². The summed E-state index contributed by atoms with van der Waals surface area (Å²) in [7, 11) is 0. The lowest BCUT2D eigenvalue weighted by atomic mass is 9.62. The van der Waals surface area contributed by atoms with E-state index in [2.05, 4.69) is 86.0 Å². The van der Waals surface area contributed by atoms with E-state index in [0.29, 0.717) is 5.75 Å². The largest absolute Gasteiger partial charge is 0.490 e. The number of hydrogen-bond donors (Lipinski definition) is 0. The lowest BCUT2D eigenvalue weighted by Gasteiger charge is -2.40. The Bertz CT molecular complexity index is 1450. The molecule has 0 N–H and O–H groups in total. The second kappa shape index (κ2) is 12.6. The molecule has 1 atom stereocenters. The van der Waals surface area contributed by atoms with Crippen molar-refractivity contribution in [3.05, 3.63) is 139 Å². The summed E-state index contributed by atoms with van der Waals surface area (Å²) in [5.41, 5.74) is 5.71. The zero-order chi connectivity index (χ0) is 28.7. The fraction of sp³-hybridized carbons (Fsp3) is 0.200. The number of ether oxygens (including phenoxy) is 4. The van der Waals surface area contributed by atoms with Crippen LogP contribution in [-0.4, -0.2) is 38.4 Å². The standard InChI is InChI=1S/C35H32O6/c1-3-33(36)40-23-21-38-27-17-13-25(14-18-27)35(26-15-19-28(20-16-26)39-22-24-41-34(37)4-2)31-11-7-5-9-29(31)30-10-6-8-12-32(30)35/h3-15,17-20,26H,1-2,16,21-24H2. The molecule has 0 radical (unpaired) electrons. The van der Waals surface area contributed by atoms with Gasteiger partial charge in [-0.2, -0.15) is 0 Å². The second-order valence-corrected chi connectivity index (χ2v) is 9.67. The number of carbonyl (C=O) groups excluding carboxylic acids is 2. The molecule has 208 valence electrons. The molecule has 0 bridgehead atoms. The summed E-state index contributed by atoms with van der Waals surface area (Å²) in [4.78, 5) is 22.6. The van der Waals surface area contributed by atoms with Gasteiger partial charge in [0.05, 0.1) is 5.41 Å². The minimum absolute atomic E-state index is 0.114. The number of benzene rings is 3. The first-order valence-electron chi connectivity index (χ1n) is 13.6. The van der Waals surface area contributed by atoms with Gasteiger partial charge in [0.1, 0.15) is 37.9 Å². The van der Waals surface area contributed by atoms with E-state index in [1.54, 1.807) is 0 Å². The summed E-state index contributed by atoms with van der Waals surface area (Å²) in [6.45, 7) is 7.64. The Labute approximate surface area is 240 Å². The van der Waals surface area contributed by atoms with Gasteiger partial charge in [-0.25, -0.2) is 9.59 Å². The molecular weight excluding hydrogens is 516 g/mol. The number of hydrogen-bond acceptors (Lipinski definition) is 6. The Morgan fingerprint density at radius 2 is 1.32 bits per heavy atom. The lowest BCUT2D eigenvalue weighted by molar-refractivity contribution is -0.139. The van der Waals surface area contributed by atoms with Crippen molar-refractivity contribution in [1.82, 2.24) is 0 Å². The average molecular weight is 549 g/mol. The maximum Gasteiger partial charge on any atom is 0.330 e. The summed E-state index contributed by atoms with van der Waals surface area (Å²) in [5.74, 6) is 0.638. The monoisotopic (exact) mass is 548 g/mol. The third-order valence-electron chi connectivity index (χ3n) is 7.45. The Kier molecular flexibility index (Phi) is 8.49. The molecule has 2 aliphatic rings. The minimum atomic E-state index is -0.469. The van der Waals surface area contributed by atoms with Crippen LogP contribution in [0.15, 0.2) is 122 Å². The third kappa shape index (κ3) is 5.59. The van der Waals surface area contributed by atoms with Crippen LogP contribution in [0.1, 0.15) is 23.1 Å². The quantitative estimate of drug-likeness (QED) is 0.150. The van der Waals surface area contributed by atoms with Crippen LogP contribution in [0.5, 0.6) is 5.75 Å². The summed E-state index contributed by atoms with van der Waals surface area (Å²) in [6.07, 6.45) is 9.37. The van der Waals surface area contributed by atoms with E-state index >= 15 is 0 Å². The molecule has 0 aliphatic heterocycles. The van der Waals surface area contributed by atoms with E-state index in [1.165, 1.54) is 22.3 Å². The van der Waals surface area contributed by atoms with Crippen molar-refractivity contribution in [3.63, 3.8) is 0 Å². The summed E-state index contributed by atoms with van der Waals surface area (Å²) >= 11 is 0. The van der Waals surface area contributed by atoms with Gasteiger partial charge in [-0.1, -0.05) is 79.9 Å². The smallest absolute Gasteiger partial charge is 0.330 e. The van der Waals surface area contributed by atoms with Gasteiger partial charge in [-0.15, -0.1) is 0 Å². The van der Waals surface area contributed by atoms with Crippen LogP contribution in [0.4, 0.5) is 0 Å². The number of esters is 2. The Morgan fingerprint density at radius 1 is 0.756 bits per heavy atom. The van der Waals surface area contributed by atoms with Crippen LogP contribution in [0, 0.1) is 5.92 Å². The molecule has 3 aromatic rings. The second-order valence-electron chi connectivity index (χ2n) is 9.67. The molecule has 0 amide bonds. The fourth-order valence-corrected chi connectivity index (χ4v) is 5.76. The van der Waals surface area contributed by atoms with Crippen molar-refractivity contribution in [3.8, 4) is 16.9 Å². The predicted octanol–water partition coefficient (Wildman–Crippen LogP) is 6.32. The highest BCUT2D eigenvalue weighted by Crippen LogP contribution is 2.58. The highest BCUT2D eigenvalue weighted by Gasteiger charge is 2.49. The molecule has 1 unspecified atom stereocenters. The van der Waals surface area contributed by atoms with E-state index in [9.17, 15) is 9.59 Å². The molecule has 0 saturated carbocycles. The number of fused-ring (bicyclic) bond motifs is 3. The molecule has 5 rings (SSSR count). The Morgan fingerprint density at radius 3 is 1.85 bits per heavy atom. The van der Waals surface area contributed by atoms with Gasteiger partial charge < -0.3 is 18.9 Å². The molecule has 2 aliphatic carbocycles. The van der Waals surface area contributed by atoms with Crippen molar-refractivity contribution in [1.29, 1.82) is 0 Å². The van der Waals surface area contributed by atoms with Gasteiger partial charge in [0, 0.05) is 12.2 Å². The molecule has 0 spiro atoms. The van der Waals surface area contributed by atoms with Gasteiger partial charge in [0.2, 0.25) is 0 Å². The first-order valence-corrected chi connectivity index (χ1v) is 13.6. The zero-order valence-electron chi connectivity index (χ0n) is 22.8. The maximum absolute atomic E-state index is 11.3. The van der Waals surface area contributed by atoms with Crippen LogP contribution < -0.4 is 4.74 Å². The van der Waals surface area contributed by atoms with Gasteiger partial charge in [0.25, 0.3) is 0 Å². The topological polar surface area (TPSA) is 71.1 Å². The van der Waals surface area contributed by atoms with E-state index in [4.69, 9.17) is 18.9 Å². The van der Waals surface area contributed by atoms with Crippen molar-refractivity contribution < 1.29 is 28.5 Å². The first kappa shape index (κ1) is 27.7. The van der Waals surface area contributed by atoms with Gasteiger partial charge >= 0.3 is 11.9 Å². The molecular formula is C35H32O6. The predicted molar refractivity (Wildman–Crippen MR) is 157 cm³/mol. The van der Waals surface area contributed by atoms with E-state index in [1.807, 2.05) is 18.2 Å². The lowest BCUT2D eigenvalue weighted by Crippen LogP contribution is -2.35. The average Bonchev–Trinajstić information content (AvgIpc) is 3.33. The Balaban J connectivity index is 1.43. The van der Waals surface area contributed by atoms with Crippen LogP contribution in [0.2, 0.25) is 0 Å². The highest BCUT2D eigenvalue weighted by molar-refractivity contribution is 5.84. The molecule has 0 saturated heterocycles. The summed E-state index contributed by atoms with van der Waals surface area (Å²) < 4.78 is 21.7. The first-order chi connectivity index (χ1) is 20.1. The number of carbonyl (C=O) groups is 2. The van der Waals surface area contributed by atoms with Crippen molar-refractivity contribution >= 4 is 11.9 Å². The number of allylic oxidation sites excluding steroid dienone is 3. The summed E-state index contributed by atoms with van der Waals surface area (Å²) in [5, 5.41) is 0. The van der Waals surface area contributed by atoms with Crippen LogP contribution >= 0.6 is 0 Å². The van der Waals surface area contributed by atoms with E-state index in [-0.39, 0.29) is 32.3 Å². The van der Waals surface area contributed by atoms with Gasteiger partial charge in [0.15, 0.2) is 0 Å². The molecule has 0 fully saturated rings. The van der Waals surface area contributed by atoms with Crippen LogP contribution in [0.25, 0.3) is 11.1 Å². The van der Waals surface area contributed by atoms with E-state index in [0.717, 1.165) is 29.9 Å².